The van der Waals surface area contributed by atoms with Gasteiger partial charge in [0.05, 0.1) is 39.9 Å². The number of amides is 1. The van der Waals surface area contributed by atoms with Crippen LogP contribution in [0.4, 0.5) is 0 Å². The minimum Gasteiger partial charge on any atom is -0.387 e. The number of carbonyl (C=O) groups excluding carboxylic acids is 1. The summed E-state index contributed by atoms with van der Waals surface area (Å²) in [5.74, 6) is -0.186. The van der Waals surface area contributed by atoms with Crippen LogP contribution in [0.3, 0.4) is 0 Å². The smallest absolute Gasteiger partial charge is 0.387 e. The zero-order valence-corrected chi connectivity index (χ0v) is 56.6. The second-order valence-corrected chi connectivity index (χ2v) is 27.0. The molecule has 0 aromatic heterocycles. The number of allylic oxidation sites excluding steroid dienone is 11. The van der Waals surface area contributed by atoms with Crippen LogP contribution >= 0.6 is 7.82 Å². The first-order valence-electron chi connectivity index (χ1n) is 35.8. The van der Waals surface area contributed by atoms with Crippen molar-refractivity contribution in [3.8, 4) is 0 Å². The number of carbonyl (C=O) groups is 1. The van der Waals surface area contributed by atoms with Crippen LogP contribution in [0.15, 0.2) is 72.9 Å². The molecule has 0 aliphatic carbocycles. The maximum atomic E-state index is 13.0. The maximum absolute atomic E-state index is 13.0. The Balaban J connectivity index is 3.96. The van der Waals surface area contributed by atoms with Crippen molar-refractivity contribution >= 4 is 13.7 Å². The average Bonchev–Trinajstić information content (AvgIpc) is 3.49. The Hall–Kier alpha value is -2.06. The Morgan fingerprint density at radius 2 is 0.699 bits per heavy atom. The van der Waals surface area contributed by atoms with Crippen LogP contribution in [-0.4, -0.2) is 73.4 Å². The number of aliphatic hydroxyl groups excluding tert-OH is 1. The molecule has 3 atom stereocenters. The summed E-state index contributed by atoms with van der Waals surface area (Å²) in [7, 11) is 1.55. The van der Waals surface area contributed by atoms with Crippen molar-refractivity contribution in [3.63, 3.8) is 0 Å². The fourth-order valence-electron chi connectivity index (χ4n) is 10.6. The fraction of sp³-hybridized carbons (Fsp3) is 0.824. The van der Waals surface area contributed by atoms with E-state index in [2.05, 4.69) is 79.9 Å². The standard InChI is InChI=1S/C74H139N2O6P/c1-6-8-10-12-14-16-18-20-22-24-26-28-29-30-31-32-33-34-35-36-37-38-39-40-41-42-43-44-45-46-47-48-50-52-54-56-58-60-62-64-66-68-74(78)75-72(71-82-83(79,80)81-70-69-76(3,4)5)73(77)67-65-63-61-59-57-55-53-51-49-27-25-23-21-19-17-15-13-11-9-7-2/h18,20,24,26,29-30,49,51,57,59,65,67,72-73,77H,6-17,19,21-23,25,27-28,31-48,50,52-56,58,60-64,66,68-71H2,1-5H3,(H-,75,78,79,80)/p+1/b20-18-,26-24-,30-29-,51-49+,59-57+,67-65+. The highest BCUT2D eigenvalue weighted by Crippen LogP contribution is 2.43. The molecule has 0 aromatic carbocycles. The molecule has 0 heterocycles. The number of nitrogens with one attached hydrogen (secondary N) is 1. The summed E-state index contributed by atoms with van der Waals surface area (Å²) in [5.41, 5.74) is 0. The number of nitrogens with zero attached hydrogens (tertiary/aromatic N) is 1. The van der Waals surface area contributed by atoms with Crippen molar-refractivity contribution in [1.29, 1.82) is 0 Å². The number of hydrogen-bond donors (Lipinski definition) is 3. The van der Waals surface area contributed by atoms with Gasteiger partial charge in [0.25, 0.3) is 0 Å². The molecule has 486 valence electrons. The van der Waals surface area contributed by atoms with E-state index in [0.717, 1.165) is 57.8 Å². The molecule has 0 saturated carbocycles. The normalized spacial score (nSPS) is 14.1. The minimum absolute atomic E-state index is 0.0535. The molecule has 1 amide bonds. The molecule has 3 N–H and O–H groups in total. The van der Waals surface area contributed by atoms with Gasteiger partial charge in [-0.15, -0.1) is 0 Å². The van der Waals surface area contributed by atoms with Crippen LogP contribution in [0.1, 0.15) is 341 Å². The van der Waals surface area contributed by atoms with Gasteiger partial charge in [-0.05, 0) is 83.5 Å². The quantitative estimate of drug-likeness (QED) is 0.0243. The topological polar surface area (TPSA) is 105 Å². The van der Waals surface area contributed by atoms with Gasteiger partial charge in [-0.25, -0.2) is 4.57 Å². The Kier molecular flexibility index (Phi) is 62.8. The average molecular weight is 1180 g/mol. The number of hydrogen-bond acceptors (Lipinski definition) is 5. The second-order valence-electron chi connectivity index (χ2n) is 25.6. The van der Waals surface area contributed by atoms with Crippen molar-refractivity contribution in [2.45, 2.75) is 353 Å². The van der Waals surface area contributed by atoms with Gasteiger partial charge in [0.1, 0.15) is 13.2 Å². The Bertz CT molecular complexity index is 1580. The predicted molar refractivity (Wildman–Crippen MR) is 364 cm³/mol. The molecular formula is C74H140N2O6P+. The van der Waals surface area contributed by atoms with E-state index in [4.69, 9.17) is 9.05 Å². The molecular weight excluding hydrogens is 1040 g/mol. The first-order valence-corrected chi connectivity index (χ1v) is 37.3. The molecule has 0 fully saturated rings. The number of phosphoric acid groups is 1. The van der Waals surface area contributed by atoms with E-state index in [0.29, 0.717) is 17.4 Å². The van der Waals surface area contributed by atoms with Gasteiger partial charge in [0, 0.05) is 6.42 Å². The van der Waals surface area contributed by atoms with E-state index in [1.165, 1.54) is 263 Å². The third-order valence-corrected chi connectivity index (χ3v) is 17.1. The van der Waals surface area contributed by atoms with Gasteiger partial charge < -0.3 is 19.8 Å². The van der Waals surface area contributed by atoms with Crippen LogP contribution in [-0.2, 0) is 18.4 Å². The summed E-state index contributed by atoms with van der Waals surface area (Å²) in [6.45, 7) is 4.81. The SMILES string of the molecule is CCCCCCC/C=C\C/C=C\C/C=C\CCCCCCCCCCCCCCCCCCCCCCCCCCCCC(=O)NC(COP(=O)(O)OCC[N+](C)(C)C)C(O)/C=C/CC/C=C/CC/C=C/CCCCCCCCCCCC. The number of phosphoric ester groups is 1. The molecule has 9 heteroatoms. The first-order chi connectivity index (χ1) is 40.5. The van der Waals surface area contributed by atoms with Gasteiger partial charge in [-0.2, -0.15) is 0 Å². The summed E-state index contributed by atoms with van der Waals surface area (Å²) in [6.07, 6.45) is 90.7. The molecule has 0 radical (unpaired) electrons. The lowest BCUT2D eigenvalue weighted by atomic mass is 10.0. The first kappa shape index (κ1) is 80.9. The number of aliphatic hydroxyl groups is 1. The monoisotopic (exact) mass is 1180 g/mol. The van der Waals surface area contributed by atoms with Crippen LogP contribution in [0.5, 0.6) is 0 Å². The highest BCUT2D eigenvalue weighted by Gasteiger charge is 2.28. The Morgan fingerprint density at radius 1 is 0.410 bits per heavy atom. The van der Waals surface area contributed by atoms with Crippen molar-refractivity contribution < 1.29 is 32.9 Å². The predicted octanol–water partition coefficient (Wildman–Crippen LogP) is 22.9. The number of likely N-dealkylation sites (N-methyl/N-ethyl adjacent to an activating group) is 1. The number of unbranched alkanes of at least 4 members (excludes halogenated alkanes) is 43. The number of rotatable bonds is 66. The summed E-state index contributed by atoms with van der Waals surface area (Å²) in [6, 6.07) is -0.871. The van der Waals surface area contributed by atoms with Gasteiger partial charge >= 0.3 is 7.82 Å². The molecule has 0 spiro atoms. The third-order valence-electron chi connectivity index (χ3n) is 16.1. The van der Waals surface area contributed by atoms with E-state index >= 15 is 0 Å². The van der Waals surface area contributed by atoms with E-state index in [-0.39, 0.29) is 19.1 Å². The molecule has 0 aromatic rings. The molecule has 0 saturated heterocycles. The minimum atomic E-state index is -4.36. The summed E-state index contributed by atoms with van der Waals surface area (Å²) in [5, 5.41) is 14.0. The zero-order valence-electron chi connectivity index (χ0n) is 55.7. The second kappa shape index (κ2) is 64.4. The van der Waals surface area contributed by atoms with Crippen molar-refractivity contribution in [2.24, 2.45) is 0 Å². The molecule has 3 unspecified atom stereocenters. The largest absolute Gasteiger partial charge is 0.472 e. The highest BCUT2D eigenvalue weighted by atomic mass is 31.2. The molecule has 0 aliphatic heterocycles. The van der Waals surface area contributed by atoms with Gasteiger partial charge in [0.2, 0.25) is 5.91 Å². The summed E-state index contributed by atoms with van der Waals surface area (Å²) >= 11 is 0. The van der Waals surface area contributed by atoms with Crippen LogP contribution in [0.25, 0.3) is 0 Å². The molecule has 83 heavy (non-hydrogen) atoms. The summed E-state index contributed by atoms with van der Waals surface area (Å²) < 4.78 is 23.8. The van der Waals surface area contributed by atoms with E-state index in [1.807, 2.05) is 27.2 Å². The number of quaternary nitrogens is 1. The lowest BCUT2D eigenvalue weighted by Crippen LogP contribution is -2.45. The van der Waals surface area contributed by atoms with Crippen molar-refractivity contribution in [2.75, 3.05) is 40.9 Å². The van der Waals surface area contributed by atoms with E-state index in [9.17, 15) is 19.4 Å². The van der Waals surface area contributed by atoms with E-state index in [1.54, 1.807) is 6.08 Å². The molecule has 8 nitrogen and oxygen atoms in total. The van der Waals surface area contributed by atoms with Crippen molar-refractivity contribution in [1.82, 2.24) is 5.32 Å². The van der Waals surface area contributed by atoms with Crippen LogP contribution in [0, 0.1) is 0 Å². The van der Waals surface area contributed by atoms with Crippen molar-refractivity contribution in [3.05, 3.63) is 72.9 Å². The fourth-order valence-corrected chi connectivity index (χ4v) is 11.3. The lowest BCUT2D eigenvalue weighted by Gasteiger charge is -2.25. The van der Waals surface area contributed by atoms with Gasteiger partial charge in [-0.1, -0.05) is 324 Å². The van der Waals surface area contributed by atoms with E-state index < -0.39 is 20.0 Å². The molecule has 0 rings (SSSR count). The lowest BCUT2D eigenvalue weighted by molar-refractivity contribution is -0.870. The van der Waals surface area contributed by atoms with Gasteiger partial charge in [-0.3, -0.25) is 13.8 Å². The third kappa shape index (κ3) is 67.3. The molecule has 0 bridgehead atoms. The Labute approximate surface area is 516 Å². The zero-order chi connectivity index (χ0) is 60.5. The summed E-state index contributed by atoms with van der Waals surface area (Å²) in [4.78, 5) is 23.4. The van der Waals surface area contributed by atoms with Gasteiger partial charge in [0.15, 0.2) is 0 Å². The Morgan fingerprint density at radius 3 is 1.05 bits per heavy atom. The highest BCUT2D eigenvalue weighted by molar-refractivity contribution is 7.47. The molecule has 0 aliphatic rings. The van der Waals surface area contributed by atoms with Crippen LogP contribution < -0.4 is 5.32 Å². The van der Waals surface area contributed by atoms with Crippen LogP contribution in [0.2, 0.25) is 0 Å². The maximum Gasteiger partial charge on any atom is 0.472 e.